The van der Waals surface area contributed by atoms with Crippen molar-refractivity contribution in [3.8, 4) is 0 Å². The lowest BCUT2D eigenvalue weighted by Gasteiger charge is -2.32. The monoisotopic (exact) mass is 446 g/mol. The molecule has 0 saturated carbocycles. The molecule has 0 unspecified atom stereocenters. The summed E-state index contributed by atoms with van der Waals surface area (Å²) in [6, 6.07) is 7.96. The molecule has 4 rings (SSSR count). The third-order valence-electron chi connectivity index (χ3n) is 5.01. The molecule has 1 aromatic heterocycles. The third-order valence-corrected chi connectivity index (χ3v) is 6.47. The number of ketones is 1. The summed E-state index contributed by atoms with van der Waals surface area (Å²) < 4.78 is 2.92. The summed E-state index contributed by atoms with van der Waals surface area (Å²) in [7, 11) is 0. The number of halogens is 1. The second-order valence-corrected chi connectivity index (χ2v) is 8.94. The summed E-state index contributed by atoms with van der Waals surface area (Å²) in [5.41, 5.74) is 2.93. The van der Waals surface area contributed by atoms with Crippen LogP contribution < -0.4 is 5.32 Å². The van der Waals surface area contributed by atoms with Crippen molar-refractivity contribution in [2.24, 2.45) is 0 Å². The predicted molar refractivity (Wildman–Crippen MR) is 112 cm³/mol. The van der Waals surface area contributed by atoms with E-state index in [4.69, 9.17) is 10.1 Å². The molecule has 1 aromatic carbocycles. The Labute approximate surface area is 172 Å². The first-order valence-electron chi connectivity index (χ1n) is 9.55. The zero-order valence-corrected chi connectivity index (χ0v) is 17.8. The van der Waals surface area contributed by atoms with Gasteiger partial charge in [0.2, 0.25) is 11.1 Å². The summed E-state index contributed by atoms with van der Waals surface area (Å²) in [5.74, 6) is 1.98. The summed E-state index contributed by atoms with van der Waals surface area (Å²) in [5, 5.41) is 8.93. The van der Waals surface area contributed by atoms with E-state index >= 15 is 0 Å². The Morgan fingerprint density at radius 1 is 1.26 bits per heavy atom. The lowest BCUT2D eigenvalue weighted by Crippen LogP contribution is -2.31. The molecule has 0 amide bonds. The average Bonchev–Trinajstić information content (AvgIpc) is 3.07. The first kappa shape index (κ1) is 18.7. The number of carbonyl (C=O) groups is 1. The van der Waals surface area contributed by atoms with E-state index in [1.165, 1.54) is 19.3 Å². The molecule has 1 N–H and O–H groups in total. The van der Waals surface area contributed by atoms with E-state index in [0.29, 0.717) is 6.42 Å². The van der Waals surface area contributed by atoms with Gasteiger partial charge in [-0.25, -0.2) is 4.68 Å². The summed E-state index contributed by atoms with van der Waals surface area (Å²) in [4.78, 5) is 17.5. The molecule has 2 aromatic rings. The molecule has 0 spiro atoms. The zero-order valence-electron chi connectivity index (χ0n) is 15.4. The molecule has 0 radical (unpaired) electrons. The van der Waals surface area contributed by atoms with Crippen LogP contribution in [0.5, 0.6) is 0 Å². The van der Waals surface area contributed by atoms with Crippen LogP contribution in [0.3, 0.4) is 0 Å². The van der Waals surface area contributed by atoms with Crippen molar-refractivity contribution in [3.63, 3.8) is 0 Å². The van der Waals surface area contributed by atoms with Crippen molar-refractivity contribution in [2.45, 2.75) is 56.6 Å². The number of unbranched alkanes of at least 4 members (excludes halogenated alkanes) is 2. The summed E-state index contributed by atoms with van der Waals surface area (Å²) >= 11 is 5.19. The van der Waals surface area contributed by atoms with Crippen LogP contribution in [0.1, 0.15) is 57.1 Å². The number of hydrogen-bond acceptors (Lipinski definition) is 5. The van der Waals surface area contributed by atoms with Gasteiger partial charge in [-0.15, -0.1) is 5.10 Å². The van der Waals surface area contributed by atoms with Crippen molar-refractivity contribution in [1.29, 1.82) is 0 Å². The first-order chi connectivity index (χ1) is 13.2. The fourth-order valence-electron chi connectivity index (χ4n) is 3.67. The quantitative estimate of drug-likeness (QED) is 0.478. The normalized spacial score (nSPS) is 18.9. The predicted octanol–water partition coefficient (Wildman–Crippen LogP) is 5.34. The molecule has 142 valence electrons. The molecule has 27 heavy (non-hydrogen) atoms. The Bertz CT molecular complexity index is 875. The second kappa shape index (κ2) is 8.19. The van der Waals surface area contributed by atoms with Gasteiger partial charge in [0, 0.05) is 27.9 Å². The van der Waals surface area contributed by atoms with Gasteiger partial charge in [-0.05, 0) is 37.0 Å². The van der Waals surface area contributed by atoms with E-state index < -0.39 is 0 Å². The van der Waals surface area contributed by atoms with Gasteiger partial charge in [0.25, 0.3) is 0 Å². The minimum atomic E-state index is -0.199. The molecule has 2 heterocycles. The molecule has 1 aliphatic carbocycles. The van der Waals surface area contributed by atoms with Gasteiger partial charge in [-0.1, -0.05) is 59.6 Å². The Kier molecular flexibility index (Phi) is 5.68. The Morgan fingerprint density at radius 3 is 2.85 bits per heavy atom. The van der Waals surface area contributed by atoms with Crippen LogP contribution in [-0.2, 0) is 4.79 Å². The van der Waals surface area contributed by atoms with E-state index in [1.807, 2.05) is 16.8 Å². The third kappa shape index (κ3) is 3.85. The van der Waals surface area contributed by atoms with Crippen LogP contribution >= 0.6 is 27.7 Å². The highest BCUT2D eigenvalue weighted by molar-refractivity contribution is 9.10. The fourth-order valence-corrected chi connectivity index (χ4v) is 4.76. The van der Waals surface area contributed by atoms with E-state index in [-0.39, 0.29) is 11.8 Å². The Hall–Kier alpha value is -1.60. The van der Waals surface area contributed by atoms with E-state index in [2.05, 4.69) is 40.3 Å². The molecule has 0 bridgehead atoms. The van der Waals surface area contributed by atoms with Crippen LogP contribution in [0.15, 0.2) is 45.2 Å². The molecule has 2 aliphatic rings. The maximum atomic E-state index is 12.8. The number of anilines is 1. The lowest BCUT2D eigenvalue weighted by molar-refractivity contribution is -0.116. The largest absolute Gasteiger partial charge is 0.328 e. The smallest absolute Gasteiger partial charge is 0.227 e. The maximum absolute atomic E-state index is 12.8. The lowest BCUT2D eigenvalue weighted by atomic mass is 9.85. The molecule has 0 saturated heterocycles. The molecule has 1 aliphatic heterocycles. The summed E-state index contributed by atoms with van der Waals surface area (Å²) in [6.45, 7) is 2.21. The number of rotatable bonds is 6. The molecular formula is C20H23BrN4OS. The molecule has 0 fully saturated rings. The fraction of sp³-hybridized carbons (Fsp3) is 0.450. The molecule has 1 atom stereocenters. The average molecular weight is 447 g/mol. The Balaban J connectivity index is 1.70. The van der Waals surface area contributed by atoms with Gasteiger partial charge in [0.05, 0.1) is 0 Å². The van der Waals surface area contributed by atoms with Crippen molar-refractivity contribution in [2.75, 3.05) is 11.1 Å². The van der Waals surface area contributed by atoms with Crippen LogP contribution in [0.25, 0.3) is 0 Å². The first-order valence-corrected chi connectivity index (χ1v) is 11.3. The highest BCUT2D eigenvalue weighted by Gasteiger charge is 2.36. The molecular weight excluding hydrogens is 424 g/mol. The van der Waals surface area contributed by atoms with Crippen LogP contribution in [0.2, 0.25) is 0 Å². The maximum Gasteiger partial charge on any atom is 0.227 e. The number of fused-ring (bicyclic) bond motifs is 1. The number of nitrogens with zero attached hydrogens (tertiary/aromatic N) is 3. The number of benzene rings is 1. The van der Waals surface area contributed by atoms with Gasteiger partial charge >= 0.3 is 0 Å². The number of Topliss-reactive ketones (excluding diaryl/α,β-unsaturated/α-hetero) is 1. The summed E-state index contributed by atoms with van der Waals surface area (Å²) in [6.07, 6.45) is 5.99. The van der Waals surface area contributed by atoms with Crippen molar-refractivity contribution >= 4 is 39.4 Å². The molecule has 5 nitrogen and oxygen atoms in total. The highest BCUT2D eigenvalue weighted by Crippen LogP contribution is 2.40. The van der Waals surface area contributed by atoms with Crippen LogP contribution in [-0.4, -0.2) is 26.3 Å². The van der Waals surface area contributed by atoms with Crippen molar-refractivity contribution < 1.29 is 4.79 Å². The number of thioether (sulfide) groups is 1. The minimum Gasteiger partial charge on any atom is -0.328 e. The van der Waals surface area contributed by atoms with Crippen molar-refractivity contribution in [1.82, 2.24) is 14.8 Å². The van der Waals surface area contributed by atoms with E-state index in [9.17, 15) is 4.79 Å². The van der Waals surface area contributed by atoms with E-state index in [1.54, 1.807) is 11.8 Å². The van der Waals surface area contributed by atoms with Gasteiger partial charge in [-0.2, -0.15) is 4.98 Å². The second-order valence-electron chi connectivity index (χ2n) is 6.97. The van der Waals surface area contributed by atoms with Crippen LogP contribution in [0, 0.1) is 0 Å². The minimum absolute atomic E-state index is 0.199. The van der Waals surface area contributed by atoms with Gasteiger partial charge < -0.3 is 5.32 Å². The van der Waals surface area contributed by atoms with Crippen LogP contribution in [0.4, 0.5) is 5.95 Å². The Morgan fingerprint density at radius 2 is 2.07 bits per heavy atom. The number of carbonyl (C=O) groups excluding carboxylic acids is 1. The number of allylic oxidation sites excluding steroid dienone is 2. The number of nitrogens with one attached hydrogen (secondary N) is 1. The van der Waals surface area contributed by atoms with Gasteiger partial charge in [0.15, 0.2) is 5.78 Å². The topological polar surface area (TPSA) is 59.8 Å². The van der Waals surface area contributed by atoms with Gasteiger partial charge in [-0.3, -0.25) is 4.79 Å². The SMILES string of the molecule is CCCCCSc1nc2n(n1)[C@H](c1ccc(Br)cc1)C1=C(CCCC1=O)N2. The zero-order chi connectivity index (χ0) is 18.8. The molecule has 7 heteroatoms. The van der Waals surface area contributed by atoms with E-state index in [0.717, 1.165) is 51.0 Å². The van der Waals surface area contributed by atoms with Gasteiger partial charge in [0.1, 0.15) is 6.04 Å². The highest BCUT2D eigenvalue weighted by atomic mass is 79.9. The number of aromatic nitrogens is 3. The standard InChI is InChI=1S/C20H23BrN4OS/c1-2-3-4-12-27-20-23-19-22-15-6-5-7-16(26)17(15)18(25(19)24-20)13-8-10-14(21)11-9-13/h8-11,18H,2-7,12H2,1H3,(H,22,23,24)/t18-/m1/s1. The van der Waals surface area contributed by atoms with Crippen molar-refractivity contribution in [3.05, 3.63) is 45.6 Å². The number of hydrogen-bond donors (Lipinski definition) is 1.